The zero-order valence-corrected chi connectivity index (χ0v) is 12.2. The summed E-state index contributed by atoms with van der Waals surface area (Å²) in [6.45, 7) is 10.1. The van der Waals surface area contributed by atoms with Crippen molar-refractivity contribution in [3.63, 3.8) is 0 Å². The molecule has 106 valence electrons. The summed E-state index contributed by atoms with van der Waals surface area (Å²) in [5, 5.41) is 16.3. The van der Waals surface area contributed by atoms with Crippen LogP contribution in [0.3, 0.4) is 0 Å². The average molecular weight is 262 g/mol. The maximum absolute atomic E-state index is 9.71. The third kappa shape index (κ3) is 4.03. The van der Waals surface area contributed by atoms with Gasteiger partial charge in [0.2, 0.25) is 0 Å². The van der Waals surface area contributed by atoms with E-state index in [1.54, 1.807) is 0 Å². The van der Waals surface area contributed by atoms with Gasteiger partial charge < -0.3 is 15.7 Å². The molecular weight excluding hydrogens is 236 g/mol. The maximum Gasteiger partial charge on any atom is 0.0716 e. The van der Waals surface area contributed by atoms with Gasteiger partial charge in [0.05, 0.1) is 6.10 Å². The minimum atomic E-state index is -0.198. The highest BCUT2D eigenvalue weighted by molar-refractivity contribution is 5.27. The fourth-order valence-electron chi connectivity index (χ4n) is 2.45. The monoisotopic (exact) mass is 262 g/mol. The number of aliphatic hydroxyl groups is 1. The van der Waals surface area contributed by atoms with Crippen molar-refractivity contribution in [3.05, 3.63) is 35.4 Å². The van der Waals surface area contributed by atoms with E-state index >= 15 is 0 Å². The summed E-state index contributed by atoms with van der Waals surface area (Å²) in [5.41, 5.74) is 2.88. The Kier molecular flexibility index (Phi) is 4.61. The van der Waals surface area contributed by atoms with Crippen LogP contribution >= 0.6 is 0 Å². The number of nitrogens with one attached hydrogen (secondary N) is 2. The molecule has 2 atom stereocenters. The fourth-order valence-corrected chi connectivity index (χ4v) is 2.45. The van der Waals surface area contributed by atoms with Gasteiger partial charge in [-0.2, -0.15) is 0 Å². The van der Waals surface area contributed by atoms with Crippen molar-refractivity contribution < 1.29 is 5.11 Å². The Morgan fingerprint density at radius 3 is 2.42 bits per heavy atom. The van der Waals surface area contributed by atoms with Crippen molar-refractivity contribution in [2.24, 2.45) is 5.92 Å². The molecule has 1 saturated heterocycles. The molecule has 2 rings (SSSR count). The molecule has 19 heavy (non-hydrogen) atoms. The lowest BCUT2D eigenvalue weighted by atomic mass is 9.87. The fraction of sp³-hybridized carbons (Fsp3) is 0.625. The van der Waals surface area contributed by atoms with Crippen molar-refractivity contribution in [2.45, 2.75) is 38.8 Å². The van der Waals surface area contributed by atoms with Crippen molar-refractivity contribution in [1.29, 1.82) is 0 Å². The van der Waals surface area contributed by atoms with Gasteiger partial charge in [-0.25, -0.2) is 0 Å². The van der Waals surface area contributed by atoms with E-state index in [-0.39, 0.29) is 11.5 Å². The van der Waals surface area contributed by atoms with Crippen LogP contribution in [-0.2, 0) is 12.0 Å². The van der Waals surface area contributed by atoms with Crippen LogP contribution < -0.4 is 10.6 Å². The van der Waals surface area contributed by atoms with E-state index < -0.39 is 0 Å². The van der Waals surface area contributed by atoms with Crippen LogP contribution in [0.25, 0.3) is 0 Å². The van der Waals surface area contributed by atoms with E-state index in [4.69, 9.17) is 0 Å². The molecule has 1 fully saturated rings. The van der Waals surface area contributed by atoms with Gasteiger partial charge in [0.1, 0.15) is 0 Å². The minimum Gasteiger partial charge on any atom is -0.391 e. The van der Waals surface area contributed by atoms with Crippen LogP contribution in [0.1, 0.15) is 31.9 Å². The topological polar surface area (TPSA) is 44.3 Å². The summed E-state index contributed by atoms with van der Waals surface area (Å²) < 4.78 is 0. The number of benzene rings is 1. The van der Waals surface area contributed by atoms with Gasteiger partial charge in [0.15, 0.2) is 0 Å². The highest BCUT2D eigenvalue weighted by atomic mass is 16.3. The van der Waals surface area contributed by atoms with E-state index in [2.05, 4.69) is 55.7 Å². The SMILES string of the molecule is CC(C)(C)c1ccc(CNCC2CNCC2O)cc1. The maximum atomic E-state index is 9.71. The Bertz CT molecular complexity index is 394. The van der Waals surface area contributed by atoms with Crippen molar-refractivity contribution in [1.82, 2.24) is 10.6 Å². The summed E-state index contributed by atoms with van der Waals surface area (Å²) in [4.78, 5) is 0. The number of aliphatic hydroxyl groups excluding tert-OH is 1. The van der Waals surface area contributed by atoms with Crippen LogP contribution in [0, 0.1) is 5.92 Å². The zero-order valence-electron chi connectivity index (χ0n) is 12.2. The largest absolute Gasteiger partial charge is 0.391 e. The standard InChI is InChI=1S/C16H26N2O/c1-16(2,3)14-6-4-12(5-7-14)8-17-9-13-10-18-11-15(13)19/h4-7,13,15,17-19H,8-11H2,1-3H3. The molecule has 0 spiro atoms. The molecule has 0 radical (unpaired) electrons. The van der Waals surface area contributed by atoms with Crippen molar-refractivity contribution in [2.75, 3.05) is 19.6 Å². The van der Waals surface area contributed by atoms with Gasteiger partial charge in [-0.15, -0.1) is 0 Å². The predicted molar refractivity (Wildman–Crippen MR) is 79.2 cm³/mol. The van der Waals surface area contributed by atoms with Crippen LogP contribution in [0.4, 0.5) is 0 Å². The first-order valence-electron chi connectivity index (χ1n) is 7.16. The summed E-state index contributed by atoms with van der Waals surface area (Å²) in [5.74, 6) is 0.342. The summed E-state index contributed by atoms with van der Waals surface area (Å²) in [6, 6.07) is 8.81. The van der Waals surface area contributed by atoms with Crippen LogP contribution in [0.2, 0.25) is 0 Å². The molecule has 0 saturated carbocycles. The Labute approximate surface area is 116 Å². The quantitative estimate of drug-likeness (QED) is 0.773. The number of hydrogen-bond acceptors (Lipinski definition) is 3. The molecule has 3 N–H and O–H groups in total. The van der Waals surface area contributed by atoms with E-state index in [0.717, 1.165) is 26.2 Å². The molecule has 1 aliphatic heterocycles. The molecule has 0 aromatic heterocycles. The summed E-state index contributed by atoms with van der Waals surface area (Å²) in [7, 11) is 0. The van der Waals surface area contributed by atoms with Gasteiger partial charge >= 0.3 is 0 Å². The summed E-state index contributed by atoms with van der Waals surface area (Å²) >= 11 is 0. The number of β-amino-alcohol motifs (C(OH)–C–C–N with tert-alkyl or cyclic N) is 1. The highest BCUT2D eigenvalue weighted by Gasteiger charge is 2.23. The lowest BCUT2D eigenvalue weighted by Gasteiger charge is -2.19. The van der Waals surface area contributed by atoms with Gasteiger partial charge in [0.25, 0.3) is 0 Å². The molecule has 3 nitrogen and oxygen atoms in total. The first kappa shape index (κ1) is 14.5. The normalized spacial score (nSPS) is 23.8. The van der Waals surface area contributed by atoms with Crippen molar-refractivity contribution >= 4 is 0 Å². The van der Waals surface area contributed by atoms with Crippen LogP contribution in [0.5, 0.6) is 0 Å². The Hall–Kier alpha value is -0.900. The van der Waals surface area contributed by atoms with Crippen LogP contribution in [-0.4, -0.2) is 30.8 Å². The molecule has 1 aliphatic rings. The molecule has 2 unspecified atom stereocenters. The molecule has 1 aromatic carbocycles. The summed E-state index contributed by atoms with van der Waals surface area (Å²) in [6.07, 6.45) is -0.198. The van der Waals surface area contributed by atoms with Crippen molar-refractivity contribution in [3.8, 4) is 0 Å². The molecule has 1 aromatic rings. The highest BCUT2D eigenvalue weighted by Crippen LogP contribution is 2.22. The van der Waals surface area contributed by atoms with E-state index in [0.29, 0.717) is 5.92 Å². The second kappa shape index (κ2) is 6.04. The molecular formula is C16H26N2O. The van der Waals surface area contributed by atoms with Gasteiger partial charge in [0, 0.05) is 32.1 Å². The van der Waals surface area contributed by atoms with Crippen LogP contribution in [0.15, 0.2) is 24.3 Å². The number of hydrogen-bond donors (Lipinski definition) is 3. The first-order chi connectivity index (χ1) is 8.97. The first-order valence-corrected chi connectivity index (χ1v) is 7.16. The Balaban J connectivity index is 1.80. The molecule has 0 bridgehead atoms. The third-order valence-corrected chi connectivity index (χ3v) is 3.86. The smallest absolute Gasteiger partial charge is 0.0716 e. The average Bonchev–Trinajstić information content (AvgIpc) is 2.75. The molecule has 0 aliphatic carbocycles. The molecule has 3 heteroatoms. The Morgan fingerprint density at radius 1 is 1.21 bits per heavy atom. The zero-order chi connectivity index (χ0) is 13.9. The van der Waals surface area contributed by atoms with E-state index in [1.807, 2.05) is 0 Å². The van der Waals surface area contributed by atoms with Gasteiger partial charge in [-0.3, -0.25) is 0 Å². The second-order valence-electron chi connectivity index (χ2n) is 6.56. The van der Waals surface area contributed by atoms with E-state index in [9.17, 15) is 5.11 Å². The van der Waals surface area contributed by atoms with Gasteiger partial charge in [-0.1, -0.05) is 45.0 Å². The van der Waals surface area contributed by atoms with E-state index in [1.165, 1.54) is 11.1 Å². The van der Waals surface area contributed by atoms with Gasteiger partial charge in [-0.05, 0) is 16.5 Å². The minimum absolute atomic E-state index is 0.198. The second-order valence-corrected chi connectivity index (χ2v) is 6.56. The molecule has 1 heterocycles. The third-order valence-electron chi connectivity index (χ3n) is 3.86. The Morgan fingerprint density at radius 2 is 1.89 bits per heavy atom. The number of rotatable bonds is 4. The molecule has 0 amide bonds. The predicted octanol–water partition coefficient (Wildman–Crippen LogP) is 1.65. The lowest BCUT2D eigenvalue weighted by Crippen LogP contribution is -2.30. The lowest BCUT2D eigenvalue weighted by molar-refractivity contribution is 0.146.